The number of hydrogen-bond donors (Lipinski definition) is 1. The molecular weight excluding hydrogens is 626 g/mol. The quantitative estimate of drug-likeness (QED) is 0.225. The van der Waals surface area contributed by atoms with Crippen LogP contribution in [0.3, 0.4) is 0 Å². The third-order valence-corrected chi connectivity index (χ3v) is 9.02. The van der Waals surface area contributed by atoms with Gasteiger partial charge in [0.15, 0.2) is 0 Å². The molecule has 4 aromatic rings. The SMILES string of the molecule is CNC(=O)C(Cc1ccccc1)N(Cc1cccc(Br)c1)C(=O)CN(c1ccccc1)S(=O)(=O)c1ccc(Cl)cc1. The van der Waals surface area contributed by atoms with Crippen LogP contribution >= 0.6 is 27.5 Å². The minimum Gasteiger partial charge on any atom is -0.357 e. The van der Waals surface area contributed by atoms with E-state index >= 15 is 0 Å². The van der Waals surface area contributed by atoms with Gasteiger partial charge in [-0.15, -0.1) is 0 Å². The van der Waals surface area contributed by atoms with Gasteiger partial charge in [0.2, 0.25) is 11.8 Å². The lowest BCUT2D eigenvalue weighted by atomic mass is 10.0. The van der Waals surface area contributed by atoms with Crippen molar-refractivity contribution in [2.75, 3.05) is 17.9 Å². The average molecular weight is 655 g/mol. The van der Waals surface area contributed by atoms with Crippen molar-refractivity contribution in [2.45, 2.75) is 23.9 Å². The van der Waals surface area contributed by atoms with Crippen LogP contribution in [0.2, 0.25) is 5.02 Å². The largest absolute Gasteiger partial charge is 0.357 e. The summed E-state index contributed by atoms with van der Waals surface area (Å²) in [4.78, 5) is 28.9. The highest BCUT2D eigenvalue weighted by molar-refractivity contribution is 9.10. The Labute approximate surface area is 253 Å². The third kappa shape index (κ3) is 7.75. The van der Waals surface area contributed by atoms with Crippen LogP contribution in [0.5, 0.6) is 0 Å². The molecule has 0 saturated carbocycles. The van der Waals surface area contributed by atoms with Crippen molar-refractivity contribution in [1.29, 1.82) is 0 Å². The van der Waals surface area contributed by atoms with Gasteiger partial charge in [-0.05, 0) is 59.7 Å². The molecule has 1 unspecified atom stereocenters. The summed E-state index contributed by atoms with van der Waals surface area (Å²) in [5, 5.41) is 3.07. The van der Waals surface area contributed by atoms with E-state index < -0.39 is 28.5 Å². The summed E-state index contributed by atoms with van der Waals surface area (Å²) in [5.74, 6) is -0.889. The molecule has 0 aliphatic rings. The Kier molecular flexibility index (Phi) is 10.2. The van der Waals surface area contributed by atoms with Crippen LogP contribution < -0.4 is 9.62 Å². The first-order chi connectivity index (χ1) is 19.7. The second-order valence-corrected chi connectivity index (χ2v) is 12.5. The minimum absolute atomic E-state index is 0.00997. The van der Waals surface area contributed by atoms with Crippen molar-refractivity contribution < 1.29 is 18.0 Å². The number of nitrogens with one attached hydrogen (secondary N) is 1. The van der Waals surface area contributed by atoms with Crippen molar-refractivity contribution in [1.82, 2.24) is 10.2 Å². The summed E-state index contributed by atoms with van der Waals surface area (Å²) in [5.41, 5.74) is 1.96. The Morgan fingerprint density at radius 1 is 0.854 bits per heavy atom. The van der Waals surface area contributed by atoms with Crippen LogP contribution in [0.15, 0.2) is 119 Å². The van der Waals surface area contributed by atoms with Gasteiger partial charge in [-0.2, -0.15) is 0 Å². The maximum absolute atomic E-state index is 14.2. The molecule has 2 amide bonds. The molecule has 0 bridgehead atoms. The van der Waals surface area contributed by atoms with Gasteiger partial charge in [-0.25, -0.2) is 8.42 Å². The Bertz CT molecular complexity index is 1590. The number of likely N-dealkylation sites (N-methyl/N-ethyl adjacent to an activating group) is 1. The van der Waals surface area contributed by atoms with E-state index in [0.717, 1.165) is 19.9 Å². The number of nitrogens with zero attached hydrogens (tertiary/aromatic N) is 2. The fraction of sp³-hybridized carbons (Fsp3) is 0.161. The Balaban J connectivity index is 1.77. The van der Waals surface area contributed by atoms with Crippen LogP contribution in [0, 0.1) is 0 Å². The van der Waals surface area contributed by atoms with Gasteiger partial charge in [0.25, 0.3) is 10.0 Å². The Hall–Kier alpha value is -3.66. The van der Waals surface area contributed by atoms with E-state index in [0.29, 0.717) is 10.7 Å². The van der Waals surface area contributed by atoms with Crippen LogP contribution in [0.1, 0.15) is 11.1 Å². The van der Waals surface area contributed by atoms with Crippen molar-refractivity contribution >= 4 is 55.1 Å². The van der Waals surface area contributed by atoms with Crippen LogP contribution in [-0.4, -0.2) is 44.8 Å². The van der Waals surface area contributed by atoms with Gasteiger partial charge in [-0.3, -0.25) is 13.9 Å². The molecule has 0 fully saturated rings. The summed E-state index contributed by atoms with van der Waals surface area (Å²) in [6.45, 7) is -0.432. The van der Waals surface area contributed by atoms with E-state index in [4.69, 9.17) is 11.6 Å². The van der Waals surface area contributed by atoms with Crippen LogP contribution in [-0.2, 0) is 32.6 Å². The lowest BCUT2D eigenvalue weighted by molar-refractivity contribution is -0.139. The van der Waals surface area contributed by atoms with E-state index in [1.165, 1.54) is 36.2 Å². The highest BCUT2D eigenvalue weighted by Gasteiger charge is 2.34. The fourth-order valence-corrected chi connectivity index (χ4v) is 6.40. The predicted molar refractivity (Wildman–Crippen MR) is 165 cm³/mol. The zero-order chi connectivity index (χ0) is 29.4. The standard InChI is InChI=1S/C31H29BrClN3O4S/c1-34-31(38)29(20-23-9-4-2-5-10-23)35(21-24-11-8-12-25(32)19-24)30(37)22-36(27-13-6-3-7-14-27)41(39,40)28-17-15-26(33)16-18-28/h2-19,29H,20-22H2,1H3,(H,34,38). The van der Waals surface area contributed by atoms with Crippen molar-refractivity contribution in [3.05, 3.63) is 130 Å². The molecule has 0 saturated heterocycles. The van der Waals surface area contributed by atoms with E-state index in [2.05, 4.69) is 21.2 Å². The molecule has 4 rings (SSSR count). The molecule has 0 aliphatic heterocycles. The summed E-state index contributed by atoms with van der Waals surface area (Å²) in [6, 6.07) is 30.1. The number of benzene rings is 4. The summed E-state index contributed by atoms with van der Waals surface area (Å²) >= 11 is 9.48. The number of amides is 2. The number of sulfonamides is 1. The van der Waals surface area contributed by atoms with Crippen molar-refractivity contribution in [2.24, 2.45) is 0 Å². The lowest BCUT2D eigenvalue weighted by Crippen LogP contribution is -2.53. The zero-order valence-electron chi connectivity index (χ0n) is 22.3. The first kappa shape index (κ1) is 30.3. The molecule has 0 radical (unpaired) electrons. The Morgan fingerprint density at radius 3 is 2.07 bits per heavy atom. The molecule has 7 nitrogen and oxygen atoms in total. The van der Waals surface area contributed by atoms with E-state index in [1.54, 1.807) is 30.3 Å². The summed E-state index contributed by atoms with van der Waals surface area (Å²) in [7, 11) is -2.65. The first-order valence-electron chi connectivity index (χ1n) is 12.8. The minimum atomic E-state index is -4.17. The van der Waals surface area contributed by atoms with Crippen LogP contribution in [0.25, 0.3) is 0 Å². The maximum atomic E-state index is 14.2. The highest BCUT2D eigenvalue weighted by Crippen LogP contribution is 2.26. The fourth-order valence-electron chi connectivity index (χ4n) is 4.41. The summed E-state index contributed by atoms with van der Waals surface area (Å²) < 4.78 is 29.6. The van der Waals surface area contributed by atoms with E-state index in [-0.39, 0.29) is 23.8 Å². The predicted octanol–water partition coefficient (Wildman–Crippen LogP) is 5.68. The van der Waals surface area contributed by atoms with Gasteiger partial charge < -0.3 is 10.2 Å². The maximum Gasteiger partial charge on any atom is 0.264 e. The van der Waals surface area contributed by atoms with E-state index in [9.17, 15) is 18.0 Å². The monoisotopic (exact) mass is 653 g/mol. The van der Waals surface area contributed by atoms with Gasteiger partial charge in [0.1, 0.15) is 12.6 Å². The molecule has 1 atom stereocenters. The van der Waals surface area contributed by atoms with Gasteiger partial charge in [0, 0.05) is 29.5 Å². The number of rotatable bonds is 11. The number of anilines is 1. The smallest absolute Gasteiger partial charge is 0.264 e. The summed E-state index contributed by atoms with van der Waals surface area (Å²) in [6.07, 6.45) is 0.246. The number of para-hydroxylation sites is 1. The van der Waals surface area contributed by atoms with Crippen molar-refractivity contribution in [3.8, 4) is 0 Å². The molecule has 0 aromatic heterocycles. The molecule has 0 spiro atoms. The molecule has 212 valence electrons. The zero-order valence-corrected chi connectivity index (χ0v) is 25.4. The van der Waals surface area contributed by atoms with Gasteiger partial charge >= 0.3 is 0 Å². The lowest BCUT2D eigenvalue weighted by Gasteiger charge is -2.33. The van der Waals surface area contributed by atoms with Gasteiger partial charge in [0.05, 0.1) is 10.6 Å². The molecule has 0 heterocycles. The second kappa shape index (κ2) is 13.8. The van der Waals surface area contributed by atoms with Gasteiger partial charge in [-0.1, -0.05) is 88.2 Å². The topological polar surface area (TPSA) is 86.8 Å². The van der Waals surface area contributed by atoms with Crippen molar-refractivity contribution in [3.63, 3.8) is 0 Å². The first-order valence-corrected chi connectivity index (χ1v) is 15.4. The van der Waals surface area contributed by atoms with Crippen LogP contribution in [0.4, 0.5) is 5.69 Å². The molecule has 10 heteroatoms. The molecule has 0 aliphatic carbocycles. The Morgan fingerprint density at radius 2 is 1.46 bits per heavy atom. The molecule has 1 N–H and O–H groups in total. The molecule has 4 aromatic carbocycles. The average Bonchev–Trinajstić information content (AvgIpc) is 2.98. The van der Waals surface area contributed by atoms with E-state index in [1.807, 2.05) is 54.6 Å². The third-order valence-electron chi connectivity index (χ3n) is 6.48. The number of carbonyl (C=O) groups excluding carboxylic acids is 2. The second-order valence-electron chi connectivity index (χ2n) is 9.27. The number of halogens is 2. The highest BCUT2D eigenvalue weighted by atomic mass is 79.9. The number of carbonyl (C=O) groups is 2. The normalized spacial score (nSPS) is 11.9. The number of hydrogen-bond acceptors (Lipinski definition) is 4. The molecular formula is C31H29BrClN3O4S. The molecule has 41 heavy (non-hydrogen) atoms.